The summed E-state index contributed by atoms with van der Waals surface area (Å²) < 4.78 is 3.44. The number of aromatic nitrogens is 5. The number of nitrogens with one attached hydrogen (secondary N) is 1. The topological polar surface area (TPSA) is 77.6 Å². The van der Waals surface area contributed by atoms with Crippen molar-refractivity contribution in [1.82, 2.24) is 29.9 Å². The highest BCUT2D eigenvalue weighted by Crippen LogP contribution is 2.16. The summed E-state index contributed by atoms with van der Waals surface area (Å²) in [5.74, 6) is -0.0162. The van der Waals surface area contributed by atoms with Gasteiger partial charge in [-0.25, -0.2) is 9.67 Å². The molecule has 7 nitrogen and oxygen atoms in total. The smallest absolute Gasteiger partial charge is 0.222 e. The maximum atomic E-state index is 12.0. The van der Waals surface area contributed by atoms with Crippen molar-refractivity contribution in [2.45, 2.75) is 25.9 Å². The van der Waals surface area contributed by atoms with Crippen molar-refractivity contribution in [3.8, 4) is 5.69 Å². The lowest BCUT2D eigenvalue weighted by Gasteiger charge is -2.15. The molecule has 1 aromatic carbocycles. The van der Waals surface area contributed by atoms with Crippen LogP contribution in [0.2, 0.25) is 0 Å². The van der Waals surface area contributed by atoms with Gasteiger partial charge >= 0.3 is 0 Å². The predicted octanol–water partition coefficient (Wildman–Crippen LogP) is 1.73. The van der Waals surface area contributed by atoms with Gasteiger partial charge in [0.2, 0.25) is 5.91 Å². The maximum absolute atomic E-state index is 12.0. The van der Waals surface area contributed by atoms with Crippen LogP contribution in [0.5, 0.6) is 0 Å². The van der Waals surface area contributed by atoms with E-state index < -0.39 is 0 Å². The molecule has 0 saturated carbocycles. The van der Waals surface area contributed by atoms with Crippen LogP contribution in [0.1, 0.15) is 24.9 Å². The Morgan fingerprint density at radius 2 is 2.22 bits per heavy atom. The summed E-state index contributed by atoms with van der Waals surface area (Å²) in [7, 11) is 0. The Balaban J connectivity index is 1.60. The van der Waals surface area contributed by atoms with Crippen LogP contribution in [0, 0.1) is 0 Å². The summed E-state index contributed by atoms with van der Waals surface area (Å²) in [6.07, 6.45) is 7.06. The van der Waals surface area contributed by atoms with E-state index in [-0.39, 0.29) is 11.9 Å². The molecule has 3 rings (SSSR count). The first kappa shape index (κ1) is 15.0. The van der Waals surface area contributed by atoms with Gasteiger partial charge in [-0.05, 0) is 30.7 Å². The van der Waals surface area contributed by atoms with Crippen LogP contribution in [0.15, 0.2) is 55.4 Å². The molecule has 0 saturated heterocycles. The number of hydrogen-bond acceptors (Lipinski definition) is 4. The molecule has 118 valence electrons. The Kier molecular flexibility index (Phi) is 4.46. The number of rotatable bonds is 6. The van der Waals surface area contributed by atoms with Crippen molar-refractivity contribution in [3.05, 3.63) is 60.9 Å². The molecule has 1 amide bonds. The molecular formula is C16H18N6O. The Labute approximate surface area is 134 Å². The van der Waals surface area contributed by atoms with E-state index in [4.69, 9.17) is 0 Å². The fourth-order valence-corrected chi connectivity index (χ4v) is 2.32. The molecule has 1 atom stereocenters. The van der Waals surface area contributed by atoms with Crippen molar-refractivity contribution in [1.29, 1.82) is 0 Å². The second-order valence-electron chi connectivity index (χ2n) is 5.24. The van der Waals surface area contributed by atoms with Gasteiger partial charge in [0.25, 0.3) is 0 Å². The summed E-state index contributed by atoms with van der Waals surface area (Å²) in [6.45, 7) is 2.49. The van der Waals surface area contributed by atoms with Crippen LogP contribution >= 0.6 is 0 Å². The second kappa shape index (κ2) is 6.87. The van der Waals surface area contributed by atoms with E-state index in [1.807, 2.05) is 43.5 Å². The minimum Gasteiger partial charge on any atom is -0.350 e. The third-order valence-electron chi connectivity index (χ3n) is 3.55. The zero-order chi connectivity index (χ0) is 16.1. The lowest BCUT2D eigenvalue weighted by Crippen LogP contribution is -2.27. The third-order valence-corrected chi connectivity index (χ3v) is 3.55. The van der Waals surface area contributed by atoms with E-state index in [0.717, 1.165) is 11.3 Å². The molecule has 23 heavy (non-hydrogen) atoms. The first-order valence-electron chi connectivity index (χ1n) is 7.44. The number of hydrogen-bond donors (Lipinski definition) is 1. The van der Waals surface area contributed by atoms with Gasteiger partial charge in [-0.3, -0.25) is 9.48 Å². The van der Waals surface area contributed by atoms with Crippen LogP contribution < -0.4 is 5.32 Å². The molecule has 2 aromatic heterocycles. The first-order chi connectivity index (χ1) is 11.2. The third kappa shape index (κ3) is 3.82. The lowest BCUT2D eigenvalue weighted by molar-refractivity contribution is -0.122. The maximum Gasteiger partial charge on any atom is 0.222 e. The fraction of sp³-hybridized carbons (Fsp3) is 0.250. The van der Waals surface area contributed by atoms with Crippen molar-refractivity contribution in [2.75, 3.05) is 0 Å². The highest BCUT2D eigenvalue weighted by molar-refractivity contribution is 5.76. The van der Waals surface area contributed by atoms with Gasteiger partial charge in [-0.1, -0.05) is 12.1 Å². The molecule has 0 aliphatic carbocycles. The summed E-state index contributed by atoms with van der Waals surface area (Å²) in [6, 6.07) is 9.76. The normalized spacial score (nSPS) is 12.0. The number of nitrogens with zero attached hydrogens (tertiary/aromatic N) is 5. The Morgan fingerprint density at radius 1 is 1.30 bits per heavy atom. The summed E-state index contributed by atoms with van der Waals surface area (Å²) in [5, 5.41) is 11.2. The van der Waals surface area contributed by atoms with Gasteiger partial charge in [0, 0.05) is 18.8 Å². The molecule has 3 aromatic rings. The Bertz CT molecular complexity index is 751. The Morgan fingerprint density at radius 3 is 2.96 bits per heavy atom. The highest BCUT2D eigenvalue weighted by atomic mass is 16.1. The zero-order valence-electron chi connectivity index (χ0n) is 12.8. The van der Waals surface area contributed by atoms with Crippen molar-refractivity contribution in [2.24, 2.45) is 0 Å². The van der Waals surface area contributed by atoms with Gasteiger partial charge in [0.15, 0.2) is 0 Å². The number of aryl methyl sites for hydroxylation is 1. The minimum atomic E-state index is -0.0752. The molecule has 1 N–H and O–H groups in total. The molecule has 0 spiro atoms. The molecule has 2 heterocycles. The predicted molar refractivity (Wildman–Crippen MR) is 84.8 cm³/mol. The molecule has 0 bridgehead atoms. The Hall–Kier alpha value is -2.96. The van der Waals surface area contributed by atoms with E-state index in [2.05, 4.69) is 20.5 Å². The monoisotopic (exact) mass is 310 g/mol. The number of carbonyl (C=O) groups is 1. The van der Waals surface area contributed by atoms with Crippen LogP contribution in [-0.4, -0.2) is 30.5 Å². The molecule has 0 aliphatic rings. The number of carbonyl (C=O) groups excluding carboxylic acids is 1. The SMILES string of the molecule is CC(NC(=O)CCn1cncn1)c1cccc(-n2cccn2)c1. The summed E-state index contributed by atoms with van der Waals surface area (Å²) in [5.41, 5.74) is 2.00. The van der Waals surface area contributed by atoms with E-state index in [9.17, 15) is 4.79 Å². The molecule has 0 fully saturated rings. The number of benzene rings is 1. The van der Waals surface area contributed by atoms with E-state index in [1.54, 1.807) is 21.9 Å². The lowest BCUT2D eigenvalue weighted by atomic mass is 10.1. The standard InChI is InChI=1S/C16H18N6O/c1-13(20-16(23)6-9-21-12-17-11-19-21)14-4-2-5-15(10-14)22-8-3-7-18-22/h2-5,7-8,10-13H,6,9H2,1H3,(H,20,23). The molecule has 0 aliphatic heterocycles. The van der Waals surface area contributed by atoms with Crippen LogP contribution in [0.3, 0.4) is 0 Å². The van der Waals surface area contributed by atoms with E-state index >= 15 is 0 Å². The van der Waals surface area contributed by atoms with Crippen LogP contribution in [0.4, 0.5) is 0 Å². The zero-order valence-corrected chi connectivity index (χ0v) is 12.8. The van der Waals surface area contributed by atoms with Gasteiger partial charge in [-0.2, -0.15) is 10.2 Å². The van der Waals surface area contributed by atoms with Gasteiger partial charge in [-0.15, -0.1) is 0 Å². The van der Waals surface area contributed by atoms with Crippen molar-refractivity contribution in [3.63, 3.8) is 0 Å². The summed E-state index contributed by atoms with van der Waals surface area (Å²) >= 11 is 0. The average Bonchev–Trinajstić information content (AvgIpc) is 3.26. The molecule has 7 heteroatoms. The largest absolute Gasteiger partial charge is 0.350 e. The van der Waals surface area contributed by atoms with E-state index in [1.165, 1.54) is 6.33 Å². The van der Waals surface area contributed by atoms with Crippen molar-refractivity contribution < 1.29 is 4.79 Å². The van der Waals surface area contributed by atoms with Gasteiger partial charge in [0.05, 0.1) is 18.3 Å². The van der Waals surface area contributed by atoms with Gasteiger partial charge in [0.1, 0.15) is 12.7 Å². The average molecular weight is 310 g/mol. The van der Waals surface area contributed by atoms with Crippen LogP contribution in [0.25, 0.3) is 5.69 Å². The molecular weight excluding hydrogens is 292 g/mol. The fourth-order valence-electron chi connectivity index (χ4n) is 2.32. The van der Waals surface area contributed by atoms with Crippen LogP contribution in [-0.2, 0) is 11.3 Å². The van der Waals surface area contributed by atoms with Gasteiger partial charge < -0.3 is 5.32 Å². The molecule has 1 unspecified atom stereocenters. The van der Waals surface area contributed by atoms with Crippen molar-refractivity contribution >= 4 is 5.91 Å². The summed E-state index contributed by atoms with van der Waals surface area (Å²) in [4.78, 5) is 15.9. The number of amides is 1. The van der Waals surface area contributed by atoms with E-state index in [0.29, 0.717) is 13.0 Å². The second-order valence-corrected chi connectivity index (χ2v) is 5.24. The molecule has 0 radical (unpaired) electrons. The first-order valence-corrected chi connectivity index (χ1v) is 7.44. The highest BCUT2D eigenvalue weighted by Gasteiger charge is 2.10. The minimum absolute atomic E-state index is 0.0162. The quantitative estimate of drug-likeness (QED) is 0.752.